The molecule has 0 aliphatic carbocycles. The lowest BCUT2D eigenvalue weighted by Gasteiger charge is -1.88. The highest BCUT2D eigenvalue weighted by Crippen LogP contribution is 2.14. The zero-order valence-corrected chi connectivity index (χ0v) is 7.98. The number of hydrogen-bond donors (Lipinski definition) is 2. The minimum Gasteiger partial charge on any atom is -0.365 e. The summed E-state index contributed by atoms with van der Waals surface area (Å²) in [6.07, 6.45) is 1.25. The van der Waals surface area contributed by atoms with Crippen molar-refractivity contribution in [1.82, 2.24) is 9.78 Å². The fourth-order valence-electron chi connectivity index (χ4n) is 0.937. The number of nitrogens with zero attached hydrogens (tertiary/aromatic N) is 3. The first kappa shape index (κ1) is 10.5. The van der Waals surface area contributed by atoms with Gasteiger partial charge in [0.05, 0.1) is 17.8 Å². The maximum absolute atomic E-state index is 10.8. The van der Waals surface area contributed by atoms with Gasteiger partial charge in [0.1, 0.15) is 0 Å². The number of primary amides is 1. The third-order valence-electron chi connectivity index (χ3n) is 1.51. The maximum atomic E-state index is 10.8. The Morgan fingerprint density at radius 1 is 1.79 bits per heavy atom. The number of carbonyl (C=O) groups excluding carboxylic acids is 1. The van der Waals surface area contributed by atoms with E-state index in [0.29, 0.717) is 12.3 Å². The van der Waals surface area contributed by atoms with Gasteiger partial charge < -0.3 is 15.8 Å². The normalized spacial score (nSPS) is 10.1. The van der Waals surface area contributed by atoms with Crippen LogP contribution in [0.4, 0.5) is 5.82 Å². The van der Waals surface area contributed by atoms with Crippen molar-refractivity contribution in [3.63, 3.8) is 0 Å². The standard InChI is InChI=1S/C6H8N4O3S/c7-5(11)4-3-9(1-2-14)8-6(4)10(12)13/h3,14H,1-2H2,(H2,7,11). The summed E-state index contributed by atoms with van der Waals surface area (Å²) in [6, 6.07) is 0. The summed E-state index contributed by atoms with van der Waals surface area (Å²) in [4.78, 5) is 20.5. The second-order valence-corrected chi connectivity index (χ2v) is 2.92. The Morgan fingerprint density at radius 2 is 2.43 bits per heavy atom. The number of aryl methyl sites for hydroxylation is 1. The van der Waals surface area contributed by atoms with Crippen molar-refractivity contribution in [3.8, 4) is 0 Å². The molecule has 2 N–H and O–H groups in total. The van der Waals surface area contributed by atoms with Crippen molar-refractivity contribution < 1.29 is 9.72 Å². The van der Waals surface area contributed by atoms with Crippen molar-refractivity contribution >= 4 is 24.4 Å². The summed E-state index contributed by atoms with van der Waals surface area (Å²) in [6.45, 7) is 0.386. The Balaban J connectivity index is 3.12. The van der Waals surface area contributed by atoms with Crippen molar-refractivity contribution in [1.29, 1.82) is 0 Å². The molecular formula is C6H8N4O3S. The number of carbonyl (C=O) groups is 1. The SMILES string of the molecule is NC(=O)c1cn(CCS)nc1[N+](=O)[O-]. The van der Waals surface area contributed by atoms with Crippen molar-refractivity contribution in [2.45, 2.75) is 6.54 Å². The molecule has 76 valence electrons. The monoisotopic (exact) mass is 216 g/mol. The second kappa shape index (κ2) is 4.09. The predicted octanol–water partition coefficient (Wildman–Crippen LogP) is -0.180. The molecule has 0 bridgehead atoms. The predicted molar refractivity (Wildman–Crippen MR) is 51.3 cm³/mol. The van der Waals surface area contributed by atoms with E-state index < -0.39 is 16.6 Å². The van der Waals surface area contributed by atoms with E-state index in [4.69, 9.17) is 5.73 Å². The highest BCUT2D eigenvalue weighted by molar-refractivity contribution is 7.80. The quantitative estimate of drug-likeness (QED) is 0.414. The number of rotatable bonds is 4. The van der Waals surface area contributed by atoms with Crippen molar-refractivity contribution in [2.24, 2.45) is 5.73 Å². The topological polar surface area (TPSA) is 104 Å². The van der Waals surface area contributed by atoms with Crippen molar-refractivity contribution in [3.05, 3.63) is 21.9 Å². The van der Waals surface area contributed by atoms with Crippen LogP contribution in [0.3, 0.4) is 0 Å². The molecule has 0 spiro atoms. The van der Waals surface area contributed by atoms with Gasteiger partial charge in [-0.05, 0) is 4.92 Å². The van der Waals surface area contributed by atoms with E-state index in [1.165, 1.54) is 10.9 Å². The molecule has 0 unspecified atom stereocenters. The lowest BCUT2D eigenvalue weighted by molar-refractivity contribution is -0.390. The zero-order valence-electron chi connectivity index (χ0n) is 7.08. The molecule has 1 aromatic rings. The second-order valence-electron chi connectivity index (χ2n) is 2.47. The minimum absolute atomic E-state index is 0.184. The zero-order chi connectivity index (χ0) is 10.7. The number of aromatic nitrogens is 2. The summed E-state index contributed by atoms with van der Waals surface area (Å²) in [5.74, 6) is -0.904. The average Bonchev–Trinajstić information content (AvgIpc) is 2.49. The van der Waals surface area contributed by atoms with Gasteiger partial charge in [0.2, 0.25) is 0 Å². The number of amides is 1. The van der Waals surface area contributed by atoms with E-state index in [9.17, 15) is 14.9 Å². The molecule has 1 amide bonds. The van der Waals surface area contributed by atoms with E-state index in [1.54, 1.807) is 0 Å². The third kappa shape index (κ3) is 2.02. The van der Waals surface area contributed by atoms with Gasteiger partial charge in [0.25, 0.3) is 5.91 Å². The highest BCUT2D eigenvalue weighted by Gasteiger charge is 2.24. The van der Waals surface area contributed by atoms with Crippen LogP contribution in [0.1, 0.15) is 10.4 Å². The summed E-state index contributed by atoms with van der Waals surface area (Å²) in [5, 5.41) is 14.0. The van der Waals surface area contributed by atoms with Gasteiger partial charge >= 0.3 is 5.82 Å². The Bertz CT molecular complexity index is 344. The summed E-state index contributed by atoms with van der Waals surface area (Å²) in [5.41, 5.74) is 4.76. The summed E-state index contributed by atoms with van der Waals surface area (Å²) in [7, 11) is 0. The Hall–Kier alpha value is -1.57. The number of thiol groups is 1. The fourth-order valence-corrected chi connectivity index (χ4v) is 1.14. The van der Waals surface area contributed by atoms with Gasteiger partial charge in [-0.1, -0.05) is 0 Å². The smallest absolute Gasteiger partial charge is 0.365 e. The lowest BCUT2D eigenvalue weighted by Crippen LogP contribution is -2.11. The molecule has 1 heterocycles. The van der Waals surface area contributed by atoms with Crippen LogP contribution in [-0.2, 0) is 6.54 Å². The molecule has 8 heteroatoms. The Morgan fingerprint density at radius 3 is 2.79 bits per heavy atom. The van der Waals surface area contributed by atoms with E-state index in [-0.39, 0.29) is 5.56 Å². The van der Waals surface area contributed by atoms with Crippen LogP contribution in [-0.4, -0.2) is 26.4 Å². The van der Waals surface area contributed by atoms with Crippen LogP contribution in [0.15, 0.2) is 6.20 Å². The average molecular weight is 216 g/mol. The lowest BCUT2D eigenvalue weighted by atomic mass is 10.3. The highest BCUT2D eigenvalue weighted by atomic mass is 32.1. The largest absolute Gasteiger partial charge is 0.402 e. The molecule has 14 heavy (non-hydrogen) atoms. The van der Waals surface area contributed by atoms with Gasteiger partial charge in [-0.15, -0.1) is 0 Å². The van der Waals surface area contributed by atoms with Gasteiger partial charge in [-0.25, -0.2) is 0 Å². The van der Waals surface area contributed by atoms with Gasteiger partial charge in [-0.2, -0.15) is 17.3 Å². The van der Waals surface area contributed by atoms with Crippen molar-refractivity contribution in [2.75, 3.05) is 5.75 Å². The molecule has 0 aliphatic rings. The third-order valence-corrected chi connectivity index (χ3v) is 1.71. The Kier molecular flexibility index (Phi) is 3.07. The molecule has 0 aromatic carbocycles. The minimum atomic E-state index is -0.859. The van der Waals surface area contributed by atoms with Crippen LogP contribution >= 0.6 is 12.6 Å². The molecule has 0 atom stereocenters. The molecule has 0 saturated heterocycles. The van der Waals surface area contributed by atoms with E-state index in [1.807, 2.05) is 0 Å². The van der Waals surface area contributed by atoms with E-state index in [0.717, 1.165) is 0 Å². The summed E-state index contributed by atoms with van der Waals surface area (Å²) < 4.78 is 1.27. The van der Waals surface area contributed by atoms with E-state index >= 15 is 0 Å². The molecule has 0 fully saturated rings. The van der Waals surface area contributed by atoms with Crippen LogP contribution in [0, 0.1) is 10.1 Å². The maximum Gasteiger partial charge on any atom is 0.402 e. The Labute approximate surface area is 84.4 Å². The molecule has 0 saturated carbocycles. The first-order chi connectivity index (χ1) is 6.56. The van der Waals surface area contributed by atoms with Crippen LogP contribution in [0.25, 0.3) is 0 Å². The first-order valence-electron chi connectivity index (χ1n) is 3.68. The van der Waals surface area contributed by atoms with Gasteiger partial charge in [0, 0.05) is 5.75 Å². The number of nitro groups is 1. The molecular weight excluding hydrogens is 208 g/mol. The molecule has 0 radical (unpaired) electrons. The summed E-state index contributed by atoms with van der Waals surface area (Å²) >= 11 is 3.93. The number of hydrogen-bond acceptors (Lipinski definition) is 5. The van der Waals surface area contributed by atoms with E-state index in [2.05, 4.69) is 17.7 Å². The first-order valence-corrected chi connectivity index (χ1v) is 4.32. The molecule has 1 rings (SSSR count). The van der Waals surface area contributed by atoms with Gasteiger partial charge in [-0.3, -0.25) is 4.79 Å². The molecule has 0 aliphatic heterocycles. The fraction of sp³-hybridized carbons (Fsp3) is 0.333. The van der Waals surface area contributed by atoms with Crippen LogP contribution < -0.4 is 5.73 Å². The van der Waals surface area contributed by atoms with Crippen LogP contribution in [0.5, 0.6) is 0 Å². The van der Waals surface area contributed by atoms with Gasteiger partial charge in [0.15, 0.2) is 5.56 Å². The molecule has 1 aromatic heterocycles. The molecule has 7 nitrogen and oxygen atoms in total. The van der Waals surface area contributed by atoms with Crippen LogP contribution in [0.2, 0.25) is 0 Å². The number of nitrogens with two attached hydrogens (primary N) is 1.